The fraction of sp³-hybridized carbons (Fsp3) is 0.125. The van der Waals surface area contributed by atoms with Crippen LogP contribution in [0.3, 0.4) is 0 Å². The SMILES string of the molecule is CN1C(=CC=c2sc(=Cc3sc4ccc(F)cc4[n+]3C)n(CC(=O)O)c2=O)Sc2ccccc21. The van der Waals surface area contributed by atoms with E-state index in [0.29, 0.717) is 9.20 Å². The maximum Gasteiger partial charge on any atom is 0.323 e. The van der Waals surface area contributed by atoms with Crippen LogP contribution in [0.15, 0.2) is 63.3 Å². The third-order valence-electron chi connectivity index (χ3n) is 5.45. The van der Waals surface area contributed by atoms with Crippen LogP contribution in [0.25, 0.3) is 22.4 Å². The number of anilines is 1. The molecule has 0 unspecified atom stereocenters. The van der Waals surface area contributed by atoms with Gasteiger partial charge in [-0.15, -0.1) is 11.3 Å². The fourth-order valence-corrected chi connectivity index (χ4v) is 6.91. The number of nitrogens with zero attached hydrogens (tertiary/aromatic N) is 3. The summed E-state index contributed by atoms with van der Waals surface area (Å²) in [5.74, 6) is -1.42. The van der Waals surface area contributed by atoms with Gasteiger partial charge in [-0.25, -0.2) is 4.39 Å². The number of fused-ring (bicyclic) bond motifs is 2. The monoisotopic (exact) mass is 512 g/mol. The molecule has 5 rings (SSSR count). The van der Waals surface area contributed by atoms with Gasteiger partial charge >= 0.3 is 5.97 Å². The summed E-state index contributed by atoms with van der Waals surface area (Å²) >= 11 is 4.30. The average Bonchev–Trinajstić information content (AvgIpc) is 3.40. The number of para-hydroxylation sites is 1. The van der Waals surface area contributed by atoms with Gasteiger partial charge < -0.3 is 10.0 Å². The van der Waals surface area contributed by atoms with Crippen molar-refractivity contribution in [3.63, 3.8) is 0 Å². The molecule has 34 heavy (non-hydrogen) atoms. The van der Waals surface area contributed by atoms with E-state index in [0.717, 1.165) is 30.8 Å². The van der Waals surface area contributed by atoms with Crippen LogP contribution in [0.5, 0.6) is 0 Å². The molecule has 3 heterocycles. The molecule has 0 amide bonds. The Bertz CT molecular complexity index is 1670. The normalized spacial score (nSPS) is 15.6. The number of thioether (sulfide) groups is 1. The number of hydrogen-bond acceptors (Lipinski definition) is 6. The second kappa shape index (κ2) is 8.86. The molecule has 172 valence electrons. The smallest absolute Gasteiger partial charge is 0.323 e. The van der Waals surface area contributed by atoms with Gasteiger partial charge in [0.2, 0.25) is 5.52 Å². The highest BCUT2D eigenvalue weighted by Gasteiger charge is 2.21. The number of hydrogen-bond donors (Lipinski definition) is 1. The van der Waals surface area contributed by atoms with E-state index in [1.807, 2.05) is 49.0 Å². The van der Waals surface area contributed by atoms with Crippen LogP contribution in [0.4, 0.5) is 10.1 Å². The number of allylic oxidation sites excluding steroid dienone is 1. The molecule has 0 atom stereocenters. The predicted octanol–water partition coefficient (Wildman–Crippen LogP) is 2.87. The number of carbonyl (C=O) groups is 1. The minimum Gasteiger partial charge on any atom is -0.480 e. The van der Waals surface area contributed by atoms with Crippen LogP contribution >= 0.6 is 34.4 Å². The first-order chi connectivity index (χ1) is 16.3. The lowest BCUT2D eigenvalue weighted by Gasteiger charge is -2.12. The topological polar surface area (TPSA) is 66.4 Å². The van der Waals surface area contributed by atoms with Crippen LogP contribution < -0.4 is 24.2 Å². The molecular weight excluding hydrogens is 493 g/mol. The molecule has 2 aromatic carbocycles. The first-order valence-electron chi connectivity index (χ1n) is 10.3. The molecule has 0 saturated heterocycles. The van der Waals surface area contributed by atoms with Gasteiger partial charge in [0, 0.05) is 18.0 Å². The van der Waals surface area contributed by atoms with E-state index in [1.165, 1.54) is 39.4 Å². The molecule has 1 N–H and O–H groups in total. The first kappa shape index (κ1) is 22.6. The van der Waals surface area contributed by atoms with Crippen molar-refractivity contribution in [3.05, 3.63) is 83.9 Å². The molecule has 0 aliphatic carbocycles. The summed E-state index contributed by atoms with van der Waals surface area (Å²) in [7, 11) is 3.79. The molecule has 0 radical (unpaired) electrons. The summed E-state index contributed by atoms with van der Waals surface area (Å²) in [6.07, 6.45) is 5.41. The maximum absolute atomic E-state index is 13.7. The largest absolute Gasteiger partial charge is 0.480 e. The zero-order valence-corrected chi connectivity index (χ0v) is 20.6. The van der Waals surface area contributed by atoms with Crippen molar-refractivity contribution in [2.45, 2.75) is 11.4 Å². The summed E-state index contributed by atoms with van der Waals surface area (Å²) in [6, 6.07) is 12.6. The standard InChI is InChI=1S/C24H18FN3O3S3/c1-26-15-5-3-4-6-17(15)32-20(26)10-9-19-24(31)28(13-23(29)30)22(34-19)12-21-27(2)16-11-14(25)7-8-18(16)33-21/h3-12H,13H2,1-2H3/p+1. The van der Waals surface area contributed by atoms with Gasteiger partial charge in [0.15, 0.2) is 0 Å². The lowest BCUT2D eigenvalue weighted by Crippen LogP contribution is -2.35. The van der Waals surface area contributed by atoms with Crippen LogP contribution in [0.2, 0.25) is 0 Å². The van der Waals surface area contributed by atoms with Crippen LogP contribution in [-0.2, 0) is 18.4 Å². The van der Waals surface area contributed by atoms with Crippen molar-refractivity contribution < 1.29 is 18.9 Å². The number of aliphatic carboxylic acids is 1. The third kappa shape index (κ3) is 4.08. The van der Waals surface area contributed by atoms with E-state index >= 15 is 0 Å². The Morgan fingerprint density at radius 1 is 1.18 bits per heavy atom. The lowest BCUT2D eigenvalue weighted by molar-refractivity contribution is -0.642. The molecule has 1 aliphatic rings. The van der Waals surface area contributed by atoms with Gasteiger partial charge in [-0.3, -0.25) is 14.2 Å². The predicted molar refractivity (Wildman–Crippen MR) is 135 cm³/mol. The van der Waals surface area contributed by atoms with Crippen LogP contribution in [-0.4, -0.2) is 22.7 Å². The Labute approximate surface area is 205 Å². The summed E-state index contributed by atoms with van der Waals surface area (Å²) in [6.45, 7) is -0.436. The number of halogens is 1. The highest BCUT2D eigenvalue weighted by Crippen LogP contribution is 2.44. The van der Waals surface area contributed by atoms with Crippen molar-refractivity contribution in [2.24, 2.45) is 7.05 Å². The van der Waals surface area contributed by atoms with E-state index in [1.54, 1.807) is 30.0 Å². The zero-order valence-electron chi connectivity index (χ0n) is 18.2. The van der Waals surface area contributed by atoms with Gasteiger partial charge in [0.1, 0.15) is 28.8 Å². The Hall–Kier alpha value is -3.21. The highest BCUT2D eigenvalue weighted by molar-refractivity contribution is 8.03. The number of rotatable bonds is 4. The second-order valence-electron chi connectivity index (χ2n) is 7.65. The molecule has 0 spiro atoms. The third-order valence-corrected chi connectivity index (χ3v) is 8.88. The quantitative estimate of drug-likeness (QED) is 0.426. The van der Waals surface area contributed by atoms with Crippen molar-refractivity contribution in [1.29, 1.82) is 0 Å². The Morgan fingerprint density at radius 3 is 2.74 bits per heavy atom. The van der Waals surface area contributed by atoms with Gasteiger partial charge in [-0.05, 0) is 36.4 Å². The summed E-state index contributed by atoms with van der Waals surface area (Å²) in [5, 5.41) is 11.1. The molecule has 0 fully saturated rings. The molecular formula is C24H19FN3O3S3+. The van der Waals surface area contributed by atoms with Crippen LogP contribution in [0, 0.1) is 5.82 Å². The highest BCUT2D eigenvalue weighted by atomic mass is 32.2. The van der Waals surface area contributed by atoms with Crippen molar-refractivity contribution in [1.82, 2.24) is 4.57 Å². The number of carboxylic acids is 1. The Kier molecular flexibility index (Phi) is 5.88. The number of thiazole rings is 2. The van der Waals surface area contributed by atoms with E-state index in [4.69, 9.17) is 0 Å². The first-order valence-corrected chi connectivity index (χ1v) is 12.7. The molecule has 4 aromatic rings. The van der Waals surface area contributed by atoms with Gasteiger partial charge in [-0.1, -0.05) is 35.2 Å². The van der Waals surface area contributed by atoms with Crippen LogP contribution in [0.1, 0.15) is 5.01 Å². The maximum atomic E-state index is 13.7. The molecule has 6 nitrogen and oxygen atoms in total. The fourth-order valence-electron chi connectivity index (χ4n) is 3.73. The summed E-state index contributed by atoms with van der Waals surface area (Å²) in [4.78, 5) is 27.7. The molecule has 1 aliphatic heterocycles. The number of benzene rings is 2. The van der Waals surface area contributed by atoms with E-state index in [9.17, 15) is 19.1 Å². The minimum absolute atomic E-state index is 0.326. The summed E-state index contributed by atoms with van der Waals surface area (Å²) < 4.78 is 18.7. The van der Waals surface area contributed by atoms with Crippen molar-refractivity contribution in [3.8, 4) is 0 Å². The molecule has 10 heteroatoms. The van der Waals surface area contributed by atoms with E-state index in [-0.39, 0.29) is 11.4 Å². The minimum atomic E-state index is -1.09. The van der Waals surface area contributed by atoms with Crippen molar-refractivity contribution in [2.75, 3.05) is 11.9 Å². The number of aryl methyl sites for hydroxylation is 1. The number of aromatic nitrogens is 2. The molecule has 0 bridgehead atoms. The second-order valence-corrected chi connectivity index (χ2v) is 10.8. The molecule has 0 saturated carbocycles. The van der Waals surface area contributed by atoms with Gasteiger partial charge in [0.05, 0.1) is 21.3 Å². The Balaban J connectivity index is 1.62. The van der Waals surface area contributed by atoms with E-state index < -0.39 is 12.5 Å². The average molecular weight is 513 g/mol. The summed E-state index contributed by atoms with van der Waals surface area (Å²) in [5.41, 5.74) is 1.48. The molecule has 2 aromatic heterocycles. The lowest BCUT2D eigenvalue weighted by atomic mass is 10.3. The van der Waals surface area contributed by atoms with E-state index in [2.05, 4.69) is 4.90 Å². The Morgan fingerprint density at radius 2 is 1.97 bits per heavy atom. The van der Waals surface area contributed by atoms with Crippen molar-refractivity contribution >= 4 is 68.5 Å². The zero-order chi connectivity index (χ0) is 24.0. The number of carboxylic acid groups (broad SMARTS) is 1. The van der Waals surface area contributed by atoms with Gasteiger partial charge in [0.25, 0.3) is 10.6 Å². The van der Waals surface area contributed by atoms with Gasteiger partial charge in [-0.2, -0.15) is 4.57 Å².